The number of aryl methyl sites for hydroxylation is 2. The Morgan fingerprint density at radius 3 is 2.35 bits per heavy atom. The number of fused-ring (bicyclic) bond motifs is 1. The van der Waals surface area contributed by atoms with E-state index in [4.69, 9.17) is 0 Å². The number of sulfonamides is 1. The number of halogens is 3. The van der Waals surface area contributed by atoms with Gasteiger partial charge in [0, 0.05) is 32.1 Å². The van der Waals surface area contributed by atoms with E-state index >= 15 is 0 Å². The Labute approximate surface area is 207 Å². The number of nitrogens with zero attached hydrogens (tertiary/aromatic N) is 6. The predicted octanol–water partition coefficient (Wildman–Crippen LogP) is 1.10. The van der Waals surface area contributed by atoms with E-state index in [2.05, 4.69) is 10.2 Å². The molecule has 0 unspecified atom stereocenters. The second-order valence-corrected chi connectivity index (χ2v) is 10.8. The molecule has 0 radical (unpaired) electrons. The van der Waals surface area contributed by atoms with Crippen molar-refractivity contribution >= 4 is 20.9 Å². The minimum absolute atomic E-state index is 0.0228. The normalized spacial score (nSPS) is 15.4. The largest absolute Gasteiger partial charge is 0.407 e. The van der Waals surface area contributed by atoms with E-state index in [1.165, 1.54) is 21.5 Å². The number of benzene rings is 1. The molecule has 5 rings (SSSR count). The van der Waals surface area contributed by atoms with Crippen LogP contribution in [0.4, 0.5) is 13.2 Å². The second-order valence-electron chi connectivity index (χ2n) is 9.13. The first-order chi connectivity index (χ1) is 17.3. The van der Waals surface area contributed by atoms with Gasteiger partial charge in [0.15, 0.2) is 0 Å². The molecule has 0 amide bonds. The molecule has 1 aromatic carbocycles. The van der Waals surface area contributed by atoms with Crippen LogP contribution in [0.5, 0.6) is 0 Å². The molecule has 11 nitrogen and oxygen atoms in total. The smallest absolute Gasteiger partial charge is 0.287 e. The van der Waals surface area contributed by atoms with Crippen molar-refractivity contribution in [1.29, 1.82) is 0 Å². The standard InChI is InChI=1S/C22H22F3N7O4S/c1-29-8-5-15(27-29)13-31-18-4-3-16(37(35,36)28-21(6-7-21)22(23,24)25)9-17(18)19(33)32(20(31)34)12-14-10-26-30(2)11-14/h3-5,8-11,28H,6-7,12-13H2,1-2H3. The molecule has 1 aliphatic rings. The van der Waals surface area contributed by atoms with Crippen molar-refractivity contribution in [2.75, 3.05) is 0 Å². The van der Waals surface area contributed by atoms with E-state index in [0.29, 0.717) is 11.3 Å². The molecule has 1 saturated carbocycles. The van der Waals surface area contributed by atoms with Gasteiger partial charge in [-0.05, 0) is 37.1 Å². The van der Waals surface area contributed by atoms with Gasteiger partial charge in [0.2, 0.25) is 10.0 Å². The lowest BCUT2D eigenvalue weighted by molar-refractivity contribution is -0.160. The summed E-state index contributed by atoms with van der Waals surface area (Å²) in [5.41, 5.74) is -2.77. The summed E-state index contributed by atoms with van der Waals surface area (Å²) >= 11 is 0. The summed E-state index contributed by atoms with van der Waals surface area (Å²) in [5, 5.41) is 8.16. The minimum atomic E-state index is -4.75. The molecule has 1 fully saturated rings. The van der Waals surface area contributed by atoms with Crippen LogP contribution in [-0.2, 0) is 37.2 Å². The van der Waals surface area contributed by atoms with Gasteiger partial charge in [0.05, 0.1) is 40.8 Å². The maximum atomic E-state index is 13.4. The number of alkyl halides is 3. The number of rotatable bonds is 7. The lowest BCUT2D eigenvalue weighted by Crippen LogP contribution is -2.47. The summed E-state index contributed by atoms with van der Waals surface area (Å²) in [6.45, 7) is -0.166. The zero-order valence-corrected chi connectivity index (χ0v) is 20.5. The Hall–Kier alpha value is -3.72. The molecule has 4 aromatic rings. The summed E-state index contributed by atoms with van der Waals surface area (Å²) in [5.74, 6) is 0. The quantitative estimate of drug-likeness (QED) is 0.376. The Kier molecular flexibility index (Phi) is 5.67. The highest BCUT2D eigenvalue weighted by atomic mass is 32.2. The highest BCUT2D eigenvalue weighted by Crippen LogP contribution is 2.49. The van der Waals surface area contributed by atoms with Crippen LogP contribution in [0.25, 0.3) is 10.9 Å². The third-order valence-electron chi connectivity index (χ3n) is 6.32. The van der Waals surface area contributed by atoms with Crippen LogP contribution < -0.4 is 16.0 Å². The molecular weight excluding hydrogens is 515 g/mol. The van der Waals surface area contributed by atoms with Crippen LogP contribution in [0.3, 0.4) is 0 Å². The molecule has 0 atom stereocenters. The maximum Gasteiger partial charge on any atom is 0.407 e. The molecule has 0 bridgehead atoms. The first kappa shape index (κ1) is 25.0. The summed E-state index contributed by atoms with van der Waals surface area (Å²) < 4.78 is 73.0. The van der Waals surface area contributed by atoms with Gasteiger partial charge in [-0.15, -0.1) is 0 Å². The highest BCUT2D eigenvalue weighted by molar-refractivity contribution is 7.89. The van der Waals surface area contributed by atoms with Gasteiger partial charge in [-0.1, -0.05) is 0 Å². The second kappa shape index (κ2) is 8.41. The average Bonchev–Trinajstić information content (AvgIpc) is 3.31. The molecule has 3 heterocycles. The molecular formula is C22H22F3N7O4S. The lowest BCUT2D eigenvalue weighted by Gasteiger charge is -2.21. The van der Waals surface area contributed by atoms with Crippen molar-refractivity contribution < 1.29 is 21.6 Å². The fraction of sp³-hybridized carbons (Fsp3) is 0.364. The van der Waals surface area contributed by atoms with Crippen LogP contribution in [0.15, 0.2) is 57.3 Å². The topological polar surface area (TPSA) is 126 Å². The van der Waals surface area contributed by atoms with Crippen molar-refractivity contribution in [3.8, 4) is 0 Å². The monoisotopic (exact) mass is 537 g/mol. The zero-order chi connectivity index (χ0) is 26.8. The molecule has 3 aromatic heterocycles. The maximum absolute atomic E-state index is 13.4. The Morgan fingerprint density at radius 2 is 1.78 bits per heavy atom. The third kappa shape index (κ3) is 4.48. The molecule has 0 saturated heterocycles. The van der Waals surface area contributed by atoms with Crippen LogP contribution in [-0.4, -0.2) is 48.8 Å². The van der Waals surface area contributed by atoms with E-state index in [0.717, 1.165) is 16.7 Å². The van der Waals surface area contributed by atoms with Crippen molar-refractivity contribution in [3.63, 3.8) is 0 Å². The van der Waals surface area contributed by atoms with E-state index in [-0.39, 0.29) is 36.8 Å². The van der Waals surface area contributed by atoms with Crippen molar-refractivity contribution in [1.82, 2.24) is 33.4 Å². The molecule has 1 aliphatic carbocycles. The molecule has 0 spiro atoms. The summed E-state index contributed by atoms with van der Waals surface area (Å²) in [6, 6.07) is 5.01. The van der Waals surface area contributed by atoms with E-state index in [9.17, 15) is 31.2 Å². The van der Waals surface area contributed by atoms with Crippen LogP contribution in [0.2, 0.25) is 0 Å². The zero-order valence-electron chi connectivity index (χ0n) is 19.7. The van der Waals surface area contributed by atoms with Gasteiger partial charge in [-0.2, -0.15) is 28.1 Å². The van der Waals surface area contributed by atoms with E-state index in [1.807, 2.05) is 0 Å². The summed E-state index contributed by atoms with van der Waals surface area (Å²) in [7, 11) is -1.26. The SMILES string of the molecule is Cn1cc(Cn2c(=O)c3cc(S(=O)(=O)NC4(C(F)(F)F)CC4)ccc3n(Cc3ccn(C)n3)c2=O)cn1. The fourth-order valence-corrected chi connectivity index (χ4v) is 5.66. The van der Waals surface area contributed by atoms with Crippen LogP contribution in [0.1, 0.15) is 24.1 Å². The first-order valence-electron chi connectivity index (χ1n) is 11.1. The number of hydrogen-bond donors (Lipinski definition) is 1. The predicted molar refractivity (Wildman–Crippen MR) is 125 cm³/mol. The Morgan fingerprint density at radius 1 is 1.05 bits per heavy atom. The van der Waals surface area contributed by atoms with Gasteiger partial charge < -0.3 is 0 Å². The Balaban J connectivity index is 1.66. The summed E-state index contributed by atoms with van der Waals surface area (Å²) in [4.78, 5) is 26.3. The van der Waals surface area contributed by atoms with E-state index < -0.39 is 37.9 Å². The number of nitrogens with one attached hydrogen (secondary N) is 1. The number of hydrogen-bond acceptors (Lipinski definition) is 6. The highest BCUT2D eigenvalue weighted by Gasteiger charge is 2.65. The summed E-state index contributed by atoms with van der Waals surface area (Å²) in [6.07, 6.45) is -0.711. The molecule has 15 heteroatoms. The van der Waals surface area contributed by atoms with Gasteiger partial charge in [-0.25, -0.2) is 13.2 Å². The van der Waals surface area contributed by atoms with Crippen LogP contribution in [0, 0.1) is 0 Å². The van der Waals surface area contributed by atoms with Crippen LogP contribution >= 0.6 is 0 Å². The average molecular weight is 538 g/mol. The van der Waals surface area contributed by atoms with Crippen molar-refractivity contribution in [2.45, 2.75) is 42.5 Å². The molecule has 37 heavy (non-hydrogen) atoms. The van der Waals surface area contributed by atoms with Gasteiger partial charge in [0.25, 0.3) is 5.56 Å². The molecule has 0 aliphatic heterocycles. The van der Waals surface area contributed by atoms with Gasteiger partial charge >= 0.3 is 11.9 Å². The third-order valence-corrected chi connectivity index (χ3v) is 7.85. The lowest BCUT2D eigenvalue weighted by atomic mass is 10.2. The van der Waals surface area contributed by atoms with Gasteiger partial charge in [0.1, 0.15) is 5.54 Å². The minimum Gasteiger partial charge on any atom is -0.287 e. The fourth-order valence-electron chi connectivity index (χ4n) is 4.19. The Bertz CT molecular complexity index is 1740. The van der Waals surface area contributed by atoms with E-state index in [1.54, 1.807) is 42.0 Å². The van der Waals surface area contributed by atoms with Crippen molar-refractivity contribution in [2.24, 2.45) is 14.1 Å². The molecule has 196 valence electrons. The van der Waals surface area contributed by atoms with Gasteiger partial charge in [-0.3, -0.25) is 23.3 Å². The number of aromatic nitrogens is 6. The molecule has 1 N–H and O–H groups in total. The van der Waals surface area contributed by atoms with Crippen molar-refractivity contribution in [3.05, 3.63) is 75.0 Å². The first-order valence-corrected chi connectivity index (χ1v) is 12.6.